The number of rotatable bonds is 10. The molecule has 1 unspecified atom stereocenters. The van der Waals surface area contributed by atoms with Gasteiger partial charge in [0.05, 0.1) is 13.2 Å². The van der Waals surface area contributed by atoms with Gasteiger partial charge in [0.15, 0.2) is 0 Å². The molecule has 124 valence electrons. The van der Waals surface area contributed by atoms with E-state index in [4.69, 9.17) is 4.74 Å². The Kier molecular flexibility index (Phi) is 7.45. The Morgan fingerprint density at radius 1 is 1.33 bits per heavy atom. The second-order valence-corrected chi connectivity index (χ2v) is 5.43. The molecule has 0 heterocycles. The maximum Gasteiger partial charge on any atom is 0.401 e. The smallest absolute Gasteiger partial charge is 0.401 e. The van der Waals surface area contributed by atoms with E-state index in [9.17, 15) is 18.0 Å². The highest BCUT2D eigenvalue weighted by molar-refractivity contribution is 5.75. The number of halogens is 3. The Bertz CT molecular complexity index is 320. The molecule has 0 aromatic rings. The van der Waals surface area contributed by atoms with E-state index in [1.165, 1.54) is 4.90 Å². The highest BCUT2D eigenvalue weighted by Crippen LogP contribution is 2.21. The van der Waals surface area contributed by atoms with Crippen LogP contribution in [0.3, 0.4) is 0 Å². The summed E-state index contributed by atoms with van der Waals surface area (Å²) < 4.78 is 42.5. The predicted octanol–water partition coefficient (Wildman–Crippen LogP) is 2.33. The quantitative estimate of drug-likeness (QED) is 0.629. The Hall–Kier alpha value is -0.820. The van der Waals surface area contributed by atoms with Crippen molar-refractivity contribution < 1.29 is 22.7 Å². The van der Waals surface area contributed by atoms with Crippen LogP contribution in [0, 0.1) is 0 Å². The Labute approximate surface area is 124 Å². The Morgan fingerprint density at radius 3 is 2.48 bits per heavy atom. The first-order valence-corrected chi connectivity index (χ1v) is 7.57. The van der Waals surface area contributed by atoms with Gasteiger partial charge in [-0.2, -0.15) is 13.2 Å². The largest absolute Gasteiger partial charge is 0.465 e. The average Bonchev–Trinajstić information content (AvgIpc) is 3.16. The average molecular weight is 310 g/mol. The van der Waals surface area contributed by atoms with E-state index in [0.29, 0.717) is 25.4 Å². The standard InChI is InChI=1S/C14H25F3N2O2/c1-3-8-19(10-14(15,16)17)9-7-12(13(20)21-4-2)18-11-5-6-11/h11-12,18H,3-10H2,1-2H3. The summed E-state index contributed by atoms with van der Waals surface area (Å²) in [6.45, 7) is 3.52. The van der Waals surface area contributed by atoms with Crippen LogP contribution < -0.4 is 5.32 Å². The van der Waals surface area contributed by atoms with Crippen LogP contribution in [0.1, 0.15) is 39.5 Å². The molecule has 1 aliphatic rings. The molecule has 1 aliphatic carbocycles. The molecule has 0 saturated heterocycles. The molecule has 0 bridgehead atoms. The van der Waals surface area contributed by atoms with Crippen molar-refractivity contribution in [2.24, 2.45) is 0 Å². The zero-order valence-corrected chi connectivity index (χ0v) is 12.7. The van der Waals surface area contributed by atoms with E-state index in [1.54, 1.807) is 6.92 Å². The summed E-state index contributed by atoms with van der Waals surface area (Å²) in [4.78, 5) is 13.2. The molecule has 4 nitrogen and oxygen atoms in total. The summed E-state index contributed by atoms with van der Waals surface area (Å²) in [5.41, 5.74) is 0. The molecule has 0 aromatic carbocycles. The summed E-state index contributed by atoms with van der Waals surface area (Å²) in [5, 5.41) is 3.15. The molecule has 1 fully saturated rings. The topological polar surface area (TPSA) is 41.6 Å². The molecule has 7 heteroatoms. The van der Waals surface area contributed by atoms with E-state index in [1.807, 2.05) is 6.92 Å². The van der Waals surface area contributed by atoms with Crippen molar-refractivity contribution in [2.75, 3.05) is 26.2 Å². The van der Waals surface area contributed by atoms with Gasteiger partial charge in [0.2, 0.25) is 0 Å². The summed E-state index contributed by atoms with van der Waals surface area (Å²) in [7, 11) is 0. The van der Waals surface area contributed by atoms with Crippen molar-refractivity contribution in [1.29, 1.82) is 0 Å². The lowest BCUT2D eigenvalue weighted by molar-refractivity contribution is -0.148. The number of ether oxygens (including phenoxy) is 1. The first kappa shape index (κ1) is 18.2. The van der Waals surface area contributed by atoms with Gasteiger partial charge in [-0.05, 0) is 39.2 Å². The molecular formula is C14H25F3N2O2. The molecule has 1 atom stereocenters. The van der Waals surface area contributed by atoms with Gasteiger partial charge in [0, 0.05) is 12.6 Å². The van der Waals surface area contributed by atoms with Crippen LogP contribution in [-0.2, 0) is 9.53 Å². The van der Waals surface area contributed by atoms with Gasteiger partial charge in [0.1, 0.15) is 6.04 Å². The van der Waals surface area contributed by atoms with Gasteiger partial charge in [-0.1, -0.05) is 6.92 Å². The highest BCUT2D eigenvalue weighted by Gasteiger charge is 2.32. The minimum absolute atomic E-state index is 0.233. The third kappa shape index (κ3) is 8.26. The molecule has 0 spiro atoms. The van der Waals surface area contributed by atoms with E-state index in [2.05, 4.69) is 5.32 Å². The minimum atomic E-state index is -4.21. The second-order valence-electron chi connectivity index (χ2n) is 5.43. The first-order valence-electron chi connectivity index (χ1n) is 7.57. The SMILES string of the molecule is CCCN(CCC(NC1CC1)C(=O)OCC)CC(F)(F)F. The normalized spacial score (nSPS) is 17.0. The van der Waals surface area contributed by atoms with Crippen molar-refractivity contribution in [2.45, 2.75) is 57.8 Å². The number of esters is 1. The number of carbonyl (C=O) groups is 1. The number of alkyl halides is 3. The lowest BCUT2D eigenvalue weighted by atomic mass is 10.2. The molecule has 1 rings (SSSR count). The number of nitrogens with one attached hydrogen (secondary N) is 1. The summed E-state index contributed by atoms with van der Waals surface area (Å²) in [6, 6.07) is -0.202. The third-order valence-corrected chi connectivity index (χ3v) is 3.26. The zero-order valence-electron chi connectivity index (χ0n) is 12.7. The van der Waals surface area contributed by atoms with Crippen molar-refractivity contribution in [3.05, 3.63) is 0 Å². The highest BCUT2D eigenvalue weighted by atomic mass is 19.4. The van der Waals surface area contributed by atoms with Crippen LogP contribution in [-0.4, -0.2) is 55.4 Å². The molecule has 21 heavy (non-hydrogen) atoms. The first-order chi connectivity index (χ1) is 9.85. The van der Waals surface area contributed by atoms with Crippen LogP contribution in [0.25, 0.3) is 0 Å². The van der Waals surface area contributed by atoms with Crippen LogP contribution in [0.5, 0.6) is 0 Å². The molecule has 0 aromatic heterocycles. The number of hydrogen-bond donors (Lipinski definition) is 1. The minimum Gasteiger partial charge on any atom is -0.465 e. The summed E-state index contributed by atoms with van der Waals surface area (Å²) in [6.07, 6.45) is -1.20. The summed E-state index contributed by atoms with van der Waals surface area (Å²) >= 11 is 0. The van der Waals surface area contributed by atoms with Gasteiger partial charge >= 0.3 is 12.1 Å². The summed E-state index contributed by atoms with van der Waals surface area (Å²) in [5.74, 6) is -0.368. The van der Waals surface area contributed by atoms with E-state index < -0.39 is 18.8 Å². The van der Waals surface area contributed by atoms with Gasteiger partial charge in [-0.15, -0.1) is 0 Å². The van der Waals surface area contributed by atoms with Crippen LogP contribution in [0.4, 0.5) is 13.2 Å². The van der Waals surface area contributed by atoms with Crippen molar-refractivity contribution in [3.8, 4) is 0 Å². The fraction of sp³-hybridized carbons (Fsp3) is 0.929. The van der Waals surface area contributed by atoms with Gasteiger partial charge < -0.3 is 10.1 Å². The fourth-order valence-corrected chi connectivity index (χ4v) is 2.20. The molecule has 1 N–H and O–H groups in total. The zero-order chi connectivity index (χ0) is 15.9. The number of nitrogens with zero attached hydrogens (tertiary/aromatic N) is 1. The third-order valence-electron chi connectivity index (χ3n) is 3.26. The van der Waals surface area contributed by atoms with Gasteiger partial charge in [0.25, 0.3) is 0 Å². The maximum absolute atomic E-state index is 12.5. The monoisotopic (exact) mass is 310 g/mol. The maximum atomic E-state index is 12.5. The Balaban J connectivity index is 2.48. The van der Waals surface area contributed by atoms with Gasteiger partial charge in [-0.25, -0.2) is 0 Å². The van der Waals surface area contributed by atoms with E-state index in [0.717, 1.165) is 12.8 Å². The molecule has 1 saturated carbocycles. The van der Waals surface area contributed by atoms with Crippen molar-refractivity contribution in [3.63, 3.8) is 0 Å². The molecule has 0 aliphatic heterocycles. The van der Waals surface area contributed by atoms with Crippen molar-refractivity contribution >= 4 is 5.97 Å². The lowest BCUT2D eigenvalue weighted by Crippen LogP contribution is -2.43. The number of carbonyl (C=O) groups excluding carboxylic acids is 1. The molecule has 0 radical (unpaired) electrons. The Morgan fingerprint density at radius 2 is 2.00 bits per heavy atom. The van der Waals surface area contributed by atoms with Crippen LogP contribution in [0.2, 0.25) is 0 Å². The van der Waals surface area contributed by atoms with E-state index in [-0.39, 0.29) is 19.1 Å². The van der Waals surface area contributed by atoms with Crippen molar-refractivity contribution in [1.82, 2.24) is 10.2 Å². The second kappa shape index (κ2) is 8.58. The number of hydrogen-bond acceptors (Lipinski definition) is 4. The van der Waals surface area contributed by atoms with Crippen LogP contribution in [0.15, 0.2) is 0 Å². The van der Waals surface area contributed by atoms with Gasteiger partial charge in [-0.3, -0.25) is 9.69 Å². The fourth-order valence-electron chi connectivity index (χ4n) is 2.20. The molecule has 0 amide bonds. The predicted molar refractivity (Wildman–Crippen MR) is 74.0 cm³/mol. The van der Waals surface area contributed by atoms with Crippen LogP contribution >= 0.6 is 0 Å². The lowest BCUT2D eigenvalue weighted by Gasteiger charge is -2.25. The molecular weight excluding hydrogens is 285 g/mol. The van der Waals surface area contributed by atoms with E-state index >= 15 is 0 Å².